The van der Waals surface area contributed by atoms with Crippen molar-refractivity contribution in [3.05, 3.63) is 56.1 Å². The molecule has 0 amide bonds. The maximum absolute atomic E-state index is 10.9. The van der Waals surface area contributed by atoms with Crippen molar-refractivity contribution >= 4 is 32.7 Å². The van der Waals surface area contributed by atoms with Crippen LogP contribution in [-0.4, -0.2) is 9.85 Å². The summed E-state index contributed by atoms with van der Waals surface area (Å²) in [4.78, 5) is 20.2. The lowest BCUT2D eigenvalue weighted by Gasteiger charge is -2.03. The molecule has 1 N–H and O–H groups in total. The minimum absolute atomic E-state index is 0.153. The van der Waals surface area contributed by atoms with E-state index in [2.05, 4.69) is 5.32 Å². The van der Waals surface area contributed by atoms with Crippen molar-refractivity contribution in [3.63, 3.8) is 0 Å². The van der Waals surface area contributed by atoms with Gasteiger partial charge < -0.3 is 5.32 Å². The van der Waals surface area contributed by atoms with Gasteiger partial charge in [0.2, 0.25) is 0 Å². The van der Waals surface area contributed by atoms with Crippen molar-refractivity contribution in [1.82, 2.24) is 0 Å². The molecule has 0 bridgehead atoms. The normalized spacial score (nSPS) is 10.2. The molecular weight excluding hydrogens is 270 g/mol. The van der Waals surface area contributed by atoms with Gasteiger partial charge >= 0.3 is 10.7 Å². The summed E-state index contributed by atoms with van der Waals surface area (Å²) in [7, 11) is 0. The summed E-state index contributed by atoms with van der Waals surface area (Å²) < 4.78 is 0. The molecular formula is C11H9N3O4S. The van der Waals surface area contributed by atoms with Crippen molar-refractivity contribution < 1.29 is 9.85 Å². The van der Waals surface area contributed by atoms with E-state index in [-0.39, 0.29) is 15.7 Å². The minimum atomic E-state index is -0.641. The lowest BCUT2D eigenvalue weighted by atomic mass is 10.2. The third-order valence-corrected chi connectivity index (χ3v) is 3.38. The van der Waals surface area contributed by atoms with Crippen LogP contribution in [0.4, 0.5) is 21.4 Å². The number of benzene rings is 1. The first kappa shape index (κ1) is 13.0. The Bertz CT molecular complexity index is 636. The molecule has 1 aromatic carbocycles. The van der Waals surface area contributed by atoms with E-state index in [1.165, 1.54) is 0 Å². The van der Waals surface area contributed by atoms with Gasteiger partial charge in [0, 0.05) is 5.69 Å². The van der Waals surface area contributed by atoms with Crippen molar-refractivity contribution in [2.75, 3.05) is 5.32 Å². The summed E-state index contributed by atoms with van der Waals surface area (Å²) in [6.07, 6.45) is 0. The molecule has 2 rings (SSSR count). The number of rotatable bonds is 4. The van der Waals surface area contributed by atoms with Crippen LogP contribution in [0.25, 0.3) is 0 Å². The fourth-order valence-electron chi connectivity index (χ4n) is 1.45. The van der Waals surface area contributed by atoms with Gasteiger partial charge in [-0.25, -0.2) is 0 Å². The zero-order valence-electron chi connectivity index (χ0n) is 9.82. The second kappa shape index (κ2) is 5.02. The number of thiophene rings is 1. The highest BCUT2D eigenvalue weighted by atomic mass is 32.1. The smallest absolute Gasteiger partial charge is 0.333 e. The number of nitrogens with one attached hydrogen (secondary N) is 1. The number of hydrogen-bond acceptors (Lipinski definition) is 6. The van der Waals surface area contributed by atoms with E-state index in [9.17, 15) is 20.2 Å². The number of nitro groups is 2. The maximum atomic E-state index is 10.9. The highest BCUT2D eigenvalue weighted by Gasteiger charge is 2.24. The molecule has 2 aromatic rings. The summed E-state index contributed by atoms with van der Waals surface area (Å²) in [6.45, 7) is 1.92. The van der Waals surface area contributed by atoms with E-state index >= 15 is 0 Å². The van der Waals surface area contributed by atoms with Gasteiger partial charge in [-0.1, -0.05) is 17.7 Å². The number of nitrogens with zero attached hydrogens (tertiary/aromatic N) is 2. The Morgan fingerprint density at radius 3 is 2.26 bits per heavy atom. The molecule has 0 saturated heterocycles. The summed E-state index contributed by atoms with van der Waals surface area (Å²) in [5, 5.41) is 24.2. The van der Waals surface area contributed by atoms with Crippen LogP contribution < -0.4 is 5.32 Å². The largest absolute Gasteiger partial charge is 0.341 e. The lowest BCUT2D eigenvalue weighted by Crippen LogP contribution is -1.92. The second-order valence-corrected chi connectivity index (χ2v) is 4.83. The van der Waals surface area contributed by atoms with E-state index in [4.69, 9.17) is 0 Å². The van der Waals surface area contributed by atoms with Crippen LogP contribution in [0.3, 0.4) is 0 Å². The Morgan fingerprint density at radius 2 is 1.74 bits per heavy atom. The number of hydrogen-bond donors (Lipinski definition) is 1. The highest BCUT2D eigenvalue weighted by molar-refractivity contribution is 7.19. The molecule has 0 aliphatic carbocycles. The Balaban J connectivity index is 2.35. The first-order valence-corrected chi connectivity index (χ1v) is 6.05. The van der Waals surface area contributed by atoms with Crippen LogP contribution in [0.5, 0.6) is 0 Å². The second-order valence-electron chi connectivity index (χ2n) is 3.80. The molecule has 0 aliphatic rings. The Kier molecular flexibility index (Phi) is 3.43. The zero-order valence-corrected chi connectivity index (χ0v) is 10.6. The predicted octanol–water partition coefficient (Wildman–Crippen LogP) is 3.62. The van der Waals surface area contributed by atoms with Crippen LogP contribution in [-0.2, 0) is 0 Å². The topological polar surface area (TPSA) is 98.3 Å². The van der Waals surface area contributed by atoms with Gasteiger partial charge in [-0.2, -0.15) is 0 Å². The Morgan fingerprint density at radius 1 is 1.11 bits per heavy atom. The van der Waals surface area contributed by atoms with Gasteiger partial charge in [0.05, 0.1) is 9.85 Å². The maximum Gasteiger partial charge on any atom is 0.333 e. The van der Waals surface area contributed by atoms with Crippen LogP contribution >= 0.6 is 11.3 Å². The van der Waals surface area contributed by atoms with E-state index in [1.807, 2.05) is 19.1 Å². The third kappa shape index (κ3) is 2.86. The van der Waals surface area contributed by atoms with Crippen LogP contribution in [0.1, 0.15) is 5.56 Å². The minimum Gasteiger partial charge on any atom is -0.341 e. The number of aryl methyl sites for hydroxylation is 1. The molecule has 0 saturated carbocycles. The van der Waals surface area contributed by atoms with Gasteiger partial charge in [-0.3, -0.25) is 20.2 Å². The van der Waals surface area contributed by atoms with Gasteiger partial charge in [-0.05, 0) is 30.4 Å². The van der Waals surface area contributed by atoms with Gasteiger partial charge in [-0.15, -0.1) is 0 Å². The van der Waals surface area contributed by atoms with E-state index in [1.54, 1.807) is 12.1 Å². The molecule has 0 aliphatic heterocycles. The van der Waals surface area contributed by atoms with Crippen molar-refractivity contribution in [1.29, 1.82) is 0 Å². The Hall–Kier alpha value is -2.48. The standard InChI is InChI=1S/C11H9N3O4S/c1-7-2-4-8(5-3-7)12-11-9(13(15)16)6-10(19-11)14(17)18/h2-6,12H,1H3. The fraction of sp³-hybridized carbons (Fsp3) is 0.0909. The predicted molar refractivity (Wildman–Crippen MR) is 72.1 cm³/mol. The van der Waals surface area contributed by atoms with Crippen LogP contribution in [0.15, 0.2) is 30.3 Å². The van der Waals surface area contributed by atoms with Crippen molar-refractivity contribution in [2.24, 2.45) is 0 Å². The molecule has 8 heteroatoms. The lowest BCUT2D eigenvalue weighted by molar-refractivity contribution is -0.389. The monoisotopic (exact) mass is 279 g/mol. The van der Waals surface area contributed by atoms with Crippen LogP contribution in [0, 0.1) is 27.2 Å². The molecule has 0 fully saturated rings. The fourth-order valence-corrected chi connectivity index (χ4v) is 2.31. The SMILES string of the molecule is Cc1ccc(Nc2sc([N+](=O)[O-])cc2[N+](=O)[O-])cc1. The first-order chi connectivity index (χ1) is 8.97. The average molecular weight is 279 g/mol. The van der Waals surface area contributed by atoms with Crippen LogP contribution in [0.2, 0.25) is 0 Å². The zero-order chi connectivity index (χ0) is 14.0. The summed E-state index contributed by atoms with van der Waals surface area (Å²) in [5.74, 6) is 0. The summed E-state index contributed by atoms with van der Waals surface area (Å²) in [6, 6.07) is 8.16. The molecule has 98 valence electrons. The van der Waals surface area contributed by atoms with Crippen molar-refractivity contribution in [2.45, 2.75) is 6.92 Å². The third-order valence-electron chi connectivity index (χ3n) is 2.39. The molecule has 1 aromatic heterocycles. The van der Waals surface area contributed by atoms with E-state index in [0.717, 1.165) is 23.0 Å². The van der Waals surface area contributed by atoms with E-state index < -0.39 is 9.85 Å². The molecule has 0 spiro atoms. The highest BCUT2D eigenvalue weighted by Crippen LogP contribution is 2.40. The van der Waals surface area contributed by atoms with Crippen molar-refractivity contribution in [3.8, 4) is 0 Å². The average Bonchev–Trinajstić information content (AvgIpc) is 2.76. The molecule has 0 unspecified atom stereocenters. The summed E-state index contributed by atoms with van der Waals surface area (Å²) >= 11 is 0.743. The van der Waals surface area contributed by atoms with Gasteiger partial charge in [0.25, 0.3) is 0 Å². The molecule has 7 nitrogen and oxygen atoms in total. The Labute approximate surface area is 111 Å². The van der Waals surface area contributed by atoms with Gasteiger partial charge in [0.1, 0.15) is 6.07 Å². The molecule has 0 radical (unpaired) electrons. The summed E-state index contributed by atoms with van der Waals surface area (Å²) in [5.41, 5.74) is 1.40. The quantitative estimate of drug-likeness (QED) is 0.680. The first-order valence-electron chi connectivity index (χ1n) is 5.23. The molecule has 1 heterocycles. The molecule has 19 heavy (non-hydrogen) atoms. The number of anilines is 2. The van der Waals surface area contributed by atoms with E-state index in [0.29, 0.717) is 5.69 Å². The van der Waals surface area contributed by atoms with Gasteiger partial charge in [0.15, 0.2) is 5.00 Å². The molecule has 0 atom stereocenters.